The first kappa shape index (κ1) is 20.5. The maximum Gasteiger partial charge on any atom is 0.269 e. The number of carbonyl (C=O) groups is 2. The van der Waals surface area contributed by atoms with E-state index in [0.717, 1.165) is 0 Å². The number of hydrogen-bond donors (Lipinski definition) is 1. The lowest BCUT2D eigenvalue weighted by Crippen LogP contribution is -2.24. The predicted octanol–water partition coefficient (Wildman–Crippen LogP) is 3.88. The molecule has 3 rings (SSSR count). The van der Waals surface area contributed by atoms with Crippen molar-refractivity contribution < 1.29 is 23.7 Å². The van der Waals surface area contributed by atoms with E-state index >= 15 is 0 Å². The highest BCUT2D eigenvalue weighted by Crippen LogP contribution is 2.25. The van der Waals surface area contributed by atoms with Crippen LogP contribution in [0.25, 0.3) is 17.4 Å². The van der Waals surface area contributed by atoms with Crippen LogP contribution in [-0.2, 0) is 4.79 Å². The zero-order valence-corrected chi connectivity index (χ0v) is 16.0. The van der Waals surface area contributed by atoms with Gasteiger partial charge in [-0.05, 0) is 60.7 Å². The van der Waals surface area contributed by atoms with Gasteiger partial charge in [0.1, 0.15) is 17.3 Å². The number of furan rings is 1. The first-order valence-electron chi connectivity index (χ1n) is 8.97. The summed E-state index contributed by atoms with van der Waals surface area (Å²) in [7, 11) is 1.52. The number of amides is 1. The van der Waals surface area contributed by atoms with Crippen molar-refractivity contribution in [2.75, 3.05) is 13.7 Å². The molecule has 0 atom stereocenters. The van der Waals surface area contributed by atoms with Crippen molar-refractivity contribution in [1.29, 1.82) is 0 Å². The summed E-state index contributed by atoms with van der Waals surface area (Å²) in [6, 6.07) is 15.9. The molecule has 0 saturated heterocycles. The SMILES string of the molecule is CNC(=O)COc1ccc(C(=O)/C=C/c2ccc(-c3ccc([N+](=O)[O-])cc3)o2)cc1. The minimum absolute atomic E-state index is 0.000991. The van der Waals surface area contributed by atoms with Crippen molar-refractivity contribution in [3.8, 4) is 17.1 Å². The number of ketones is 1. The van der Waals surface area contributed by atoms with Crippen LogP contribution in [-0.4, -0.2) is 30.3 Å². The van der Waals surface area contributed by atoms with Gasteiger partial charge in [0.15, 0.2) is 12.4 Å². The van der Waals surface area contributed by atoms with Crippen LogP contribution in [0.1, 0.15) is 16.1 Å². The van der Waals surface area contributed by atoms with E-state index in [2.05, 4.69) is 5.32 Å². The van der Waals surface area contributed by atoms with E-state index in [-0.39, 0.29) is 24.0 Å². The molecule has 3 aromatic rings. The van der Waals surface area contributed by atoms with Crippen LogP contribution in [0.4, 0.5) is 5.69 Å². The van der Waals surface area contributed by atoms with E-state index in [4.69, 9.17) is 9.15 Å². The number of nitrogens with one attached hydrogen (secondary N) is 1. The lowest BCUT2D eigenvalue weighted by atomic mass is 10.1. The highest BCUT2D eigenvalue weighted by Gasteiger charge is 2.08. The molecule has 0 radical (unpaired) electrons. The van der Waals surface area contributed by atoms with Crippen LogP contribution in [0.5, 0.6) is 5.75 Å². The van der Waals surface area contributed by atoms with Crippen LogP contribution < -0.4 is 10.1 Å². The number of carbonyl (C=O) groups excluding carboxylic acids is 2. The standard InChI is InChI=1S/C22H18N2O6/c1-23-22(26)14-29-18-8-4-15(5-9-18)20(25)12-10-19-11-13-21(30-19)16-2-6-17(7-3-16)24(27)28/h2-13H,14H2,1H3,(H,23,26)/b12-10+. The van der Waals surface area contributed by atoms with Crippen molar-refractivity contribution in [3.05, 3.63) is 88.2 Å². The number of allylic oxidation sites excluding steroid dienone is 1. The van der Waals surface area contributed by atoms with Gasteiger partial charge in [0.25, 0.3) is 11.6 Å². The summed E-state index contributed by atoms with van der Waals surface area (Å²) in [6.07, 6.45) is 2.94. The van der Waals surface area contributed by atoms with E-state index < -0.39 is 4.92 Å². The van der Waals surface area contributed by atoms with Crippen molar-refractivity contribution in [3.63, 3.8) is 0 Å². The van der Waals surface area contributed by atoms with Gasteiger partial charge < -0.3 is 14.5 Å². The van der Waals surface area contributed by atoms with E-state index in [9.17, 15) is 19.7 Å². The summed E-state index contributed by atoms with van der Waals surface area (Å²) in [5, 5.41) is 13.2. The summed E-state index contributed by atoms with van der Waals surface area (Å²) in [5.41, 5.74) is 1.15. The fraction of sp³-hybridized carbons (Fsp3) is 0.0909. The first-order valence-corrected chi connectivity index (χ1v) is 8.97. The Balaban J connectivity index is 1.62. The van der Waals surface area contributed by atoms with Gasteiger partial charge in [0.2, 0.25) is 0 Å². The number of nitro benzene ring substituents is 1. The molecule has 0 aliphatic carbocycles. The van der Waals surface area contributed by atoms with E-state index in [1.54, 1.807) is 54.6 Å². The van der Waals surface area contributed by atoms with Gasteiger partial charge in [-0.25, -0.2) is 0 Å². The highest BCUT2D eigenvalue weighted by atomic mass is 16.6. The zero-order chi connectivity index (χ0) is 21.5. The molecule has 0 unspecified atom stereocenters. The van der Waals surface area contributed by atoms with Gasteiger partial charge in [-0.15, -0.1) is 0 Å². The molecule has 1 heterocycles. The smallest absolute Gasteiger partial charge is 0.269 e. The average molecular weight is 406 g/mol. The van der Waals surface area contributed by atoms with E-state index in [1.165, 1.54) is 25.3 Å². The van der Waals surface area contributed by atoms with Gasteiger partial charge in [-0.2, -0.15) is 0 Å². The van der Waals surface area contributed by atoms with Crippen LogP contribution in [0.3, 0.4) is 0 Å². The van der Waals surface area contributed by atoms with Gasteiger partial charge in [-0.1, -0.05) is 0 Å². The fourth-order valence-corrected chi connectivity index (χ4v) is 2.54. The molecule has 0 saturated carbocycles. The lowest BCUT2D eigenvalue weighted by molar-refractivity contribution is -0.384. The van der Waals surface area contributed by atoms with Crippen molar-refractivity contribution >= 4 is 23.5 Å². The molecule has 152 valence electrons. The number of likely N-dealkylation sites (N-methyl/N-ethyl adjacent to an activating group) is 1. The summed E-state index contributed by atoms with van der Waals surface area (Å²) < 4.78 is 11.0. The van der Waals surface area contributed by atoms with Crippen molar-refractivity contribution in [1.82, 2.24) is 5.32 Å². The van der Waals surface area contributed by atoms with Crippen LogP contribution in [0, 0.1) is 10.1 Å². The second-order valence-electron chi connectivity index (χ2n) is 6.19. The summed E-state index contributed by atoms with van der Waals surface area (Å²) >= 11 is 0. The average Bonchev–Trinajstić information content (AvgIpc) is 3.25. The first-order chi connectivity index (χ1) is 14.5. The van der Waals surface area contributed by atoms with Crippen molar-refractivity contribution in [2.24, 2.45) is 0 Å². The second kappa shape index (κ2) is 9.33. The minimum atomic E-state index is -0.466. The molecule has 1 amide bonds. The van der Waals surface area contributed by atoms with E-state index in [1.807, 2.05) is 0 Å². The lowest BCUT2D eigenvalue weighted by Gasteiger charge is -2.05. The number of ether oxygens (including phenoxy) is 1. The number of non-ortho nitro benzene ring substituents is 1. The molecule has 8 heteroatoms. The van der Waals surface area contributed by atoms with Gasteiger partial charge in [0.05, 0.1) is 4.92 Å². The molecular weight excluding hydrogens is 388 g/mol. The maximum atomic E-state index is 12.3. The Labute approximate surface area is 171 Å². The molecular formula is C22H18N2O6. The second-order valence-corrected chi connectivity index (χ2v) is 6.19. The third kappa shape index (κ3) is 5.20. The normalized spacial score (nSPS) is 10.7. The Kier molecular flexibility index (Phi) is 6.39. The number of nitrogens with zero attached hydrogens (tertiary/aromatic N) is 1. The van der Waals surface area contributed by atoms with Crippen molar-refractivity contribution in [2.45, 2.75) is 0 Å². The number of nitro groups is 1. The Morgan fingerprint density at radius 2 is 1.77 bits per heavy atom. The van der Waals surface area contributed by atoms with Crippen LogP contribution in [0.15, 0.2) is 71.2 Å². The largest absolute Gasteiger partial charge is 0.484 e. The molecule has 0 fully saturated rings. The molecule has 0 bridgehead atoms. The molecule has 1 N–H and O–H groups in total. The molecule has 30 heavy (non-hydrogen) atoms. The van der Waals surface area contributed by atoms with Gasteiger partial charge >= 0.3 is 0 Å². The minimum Gasteiger partial charge on any atom is -0.484 e. The molecule has 0 spiro atoms. The number of rotatable bonds is 8. The molecule has 1 aromatic heterocycles. The Bertz CT molecular complexity index is 1080. The molecule has 2 aromatic carbocycles. The molecule has 8 nitrogen and oxygen atoms in total. The van der Waals surface area contributed by atoms with Crippen LogP contribution >= 0.6 is 0 Å². The van der Waals surface area contributed by atoms with Gasteiger partial charge in [0, 0.05) is 30.3 Å². The monoisotopic (exact) mass is 406 g/mol. The Hall–Kier alpha value is -4.20. The topological polar surface area (TPSA) is 112 Å². The third-order valence-corrected chi connectivity index (χ3v) is 4.18. The molecule has 0 aliphatic rings. The summed E-state index contributed by atoms with van der Waals surface area (Å²) in [6.45, 7) is -0.0979. The maximum absolute atomic E-state index is 12.3. The number of benzene rings is 2. The summed E-state index contributed by atoms with van der Waals surface area (Å²) in [5.74, 6) is 1.03. The third-order valence-electron chi connectivity index (χ3n) is 4.18. The van der Waals surface area contributed by atoms with Crippen LogP contribution in [0.2, 0.25) is 0 Å². The highest BCUT2D eigenvalue weighted by molar-refractivity contribution is 6.06. The zero-order valence-electron chi connectivity index (χ0n) is 16.0. The summed E-state index contributed by atoms with van der Waals surface area (Å²) in [4.78, 5) is 33.8. The number of hydrogen-bond acceptors (Lipinski definition) is 6. The fourth-order valence-electron chi connectivity index (χ4n) is 2.54. The predicted molar refractivity (Wildman–Crippen MR) is 110 cm³/mol. The van der Waals surface area contributed by atoms with Gasteiger partial charge in [-0.3, -0.25) is 19.7 Å². The Morgan fingerprint density at radius 3 is 2.40 bits per heavy atom. The van der Waals surface area contributed by atoms with E-state index in [0.29, 0.717) is 28.4 Å². The Morgan fingerprint density at radius 1 is 1.07 bits per heavy atom. The quantitative estimate of drug-likeness (QED) is 0.263. The molecule has 0 aliphatic heterocycles.